The highest BCUT2D eigenvalue weighted by Gasteiger charge is 2.16. The highest BCUT2D eigenvalue weighted by Crippen LogP contribution is 2.28. The van der Waals surface area contributed by atoms with Crippen LogP contribution in [0.3, 0.4) is 0 Å². The molecule has 0 fully saturated rings. The number of hydrogen-bond acceptors (Lipinski definition) is 3. The van der Waals surface area contributed by atoms with Crippen LogP contribution in [0.5, 0.6) is 0 Å². The lowest BCUT2D eigenvalue weighted by molar-refractivity contribution is -0.140. The predicted molar refractivity (Wildman–Crippen MR) is 73.0 cm³/mol. The number of ether oxygens (including phenoxy) is 1. The maximum absolute atomic E-state index is 11.1. The topological polar surface area (TPSA) is 29.5 Å². The molecule has 0 unspecified atom stereocenters. The maximum Gasteiger partial charge on any atom is 0.305 e. The van der Waals surface area contributed by atoms with Gasteiger partial charge in [-0.15, -0.1) is 0 Å². The molecule has 0 saturated heterocycles. The fourth-order valence-corrected chi connectivity index (χ4v) is 2.55. The molecule has 1 heterocycles. The third-order valence-electron chi connectivity index (χ3n) is 3.49. The molecule has 0 bridgehead atoms. The first-order valence-corrected chi connectivity index (χ1v) is 6.62. The number of carbonyl (C=O) groups is 1. The van der Waals surface area contributed by atoms with E-state index in [4.69, 9.17) is 0 Å². The molecule has 0 radical (unpaired) electrons. The molecule has 3 heteroatoms. The number of anilines is 1. The van der Waals surface area contributed by atoms with Crippen molar-refractivity contribution in [2.75, 3.05) is 25.1 Å². The SMILES string of the molecule is COC(=O)CCCN1CCCc2cc(C)ccc21. The fourth-order valence-electron chi connectivity index (χ4n) is 2.55. The Hall–Kier alpha value is -1.51. The van der Waals surface area contributed by atoms with Crippen LogP contribution in [0.2, 0.25) is 0 Å². The zero-order chi connectivity index (χ0) is 13.0. The Balaban J connectivity index is 1.97. The Kier molecular flexibility index (Phi) is 4.24. The second-order valence-corrected chi connectivity index (χ2v) is 4.90. The van der Waals surface area contributed by atoms with Gasteiger partial charge in [0.1, 0.15) is 0 Å². The minimum absolute atomic E-state index is 0.115. The van der Waals surface area contributed by atoms with E-state index in [9.17, 15) is 4.79 Å². The van der Waals surface area contributed by atoms with Gasteiger partial charge < -0.3 is 9.64 Å². The minimum Gasteiger partial charge on any atom is -0.469 e. The molecule has 1 aromatic rings. The molecule has 98 valence electrons. The molecule has 18 heavy (non-hydrogen) atoms. The van der Waals surface area contributed by atoms with Gasteiger partial charge in [-0.05, 0) is 37.8 Å². The van der Waals surface area contributed by atoms with Crippen molar-refractivity contribution in [1.29, 1.82) is 0 Å². The van der Waals surface area contributed by atoms with Crippen molar-refractivity contribution in [3.63, 3.8) is 0 Å². The van der Waals surface area contributed by atoms with Crippen molar-refractivity contribution in [2.45, 2.75) is 32.6 Å². The van der Waals surface area contributed by atoms with Crippen molar-refractivity contribution in [3.05, 3.63) is 29.3 Å². The van der Waals surface area contributed by atoms with Crippen LogP contribution < -0.4 is 4.90 Å². The number of fused-ring (bicyclic) bond motifs is 1. The highest BCUT2D eigenvalue weighted by atomic mass is 16.5. The Bertz CT molecular complexity index is 429. The zero-order valence-electron chi connectivity index (χ0n) is 11.2. The van der Waals surface area contributed by atoms with E-state index in [2.05, 4.69) is 34.8 Å². The van der Waals surface area contributed by atoms with E-state index in [1.807, 2.05) is 0 Å². The maximum atomic E-state index is 11.1. The Morgan fingerprint density at radius 1 is 1.44 bits per heavy atom. The third kappa shape index (κ3) is 3.03. The van der Waals surface area contributed by atoms with Crippen LogP contribution in [-0.2, 0) is 16.0 Å². The van der Waals surface area contributed by atoms with Gasteiger partial charge in [-0.2, -0.15) is 0 Å². The average Bonchev–Trinajstić information content (AvgIpc) is 2.38. The van der Waals surface area contributed by atoms with E-state index in [0.717, 1.165) is 19.5 Å². The lowest BCUT2D eigenvalue weighted by Gasteiger charge is -2.31. The molecule has 0 spiro atoms. The van der Waals surface area contributed by atoms with Crippen LogP contribution in [-0.4, -0.2) is 26.2 Å². The first kappa shape index (κ1) is 12.9. The van der Waals surface area contributed by atoms with Gasteiger partial charge in [-0.1, -0.05) is 17.7 Å². The average molecular weight is 247 g/mol. The molecule has 3 nitrogen and oxygen atoms in total. The van der Waals surface area contributed by atoms with Crippen LogP contribution in [0.15, 0.2) is 18.2 Å². The highest BCUT2D eigenvalue weighted by molar-refractivity contribution is 5.69. The monoisotopic (exact) mass is 247 g/mol. The fraction of sp³-hybridized carbons (Fsp3) is 0.533. The molecule has 0 amide bonds. The van der Waals surface area contributed by atoms with E-state index in [1.165, 1.54) is 36.8 Å². The van der Waals surface area contributed by atoms with Crippen LogP contribution in [0.25, 0.3) is 0 Å². The summed E-state index contributed by atoms with van der Waals surface area (Å²) in [5.41, 5.74) is 4.11. The first-order valence-electron chi connectivity index (χ1n) is 6.62. The molecular weight excluding hydrogens is 226 g/mol. The van der Waals surface area contributed by atoms with Crippen LogP contribution in [0, 0.1) is 6.92 Å². The number of hydrogen-bond donors (Lipinski definition) is 0. The van der Waals surface area contributed by atoms with Gasteiger partial charge in [0.25, 0.3) is 0 Å². The minimum atomic E-state index is -0.115. The summed E-state index contributed by atoms with van der Waals surface area (Å²) in [6.45, 7) is 4.17. The summed E-state index contributed by atoms with van der Waals surface area (Å²) in [4.78, 5) is 13.5. The van der Waals surface area contributed by atoms with Crippen LogP contribution >= 0.6 is 0 Å². The zero-order valence-corrected chi connectivity index (χ0v) is 11.2. The summed E-state index contributed by atoms with van der Waals surface area (Å²) in [6, 6.07) is 6.65. The summed E-state index contributed by atoms with van der Waals surface area (Å²) in [5.74, 6) is -0.115. The van der Waals surface area contributed by atoms with Crippen molar-refractivity contribution in [2.24, 2.45) is 0 Å². The Morgan fingerprint density at radius 2 is 2.28 bits per heavy atom. The lowest BCUT2D eigenvalue weighted by Crippen LogP contribution is -2.30. The molecule has 1 aliphatic heterocycles. The number of benzene rings is 1. The van der Waals surface area contributed by atoms with E-state index in [1.54, 1.807) is 0 Å². The number of carbonyl (C=O) groups excluding carboxylic acids is 1. The van der Waals surface area contributed by atoms with E-state index >= 15 is 0 Å². The predicted octanol–water partition coefficient (Wildman–Crippen LogP) is 2.70. The van der Waals surface area contributed by atoms with E-state index in [-0.39, 0.29) is 5.97 Å². The van der Waals surface area contributed by atoms with Gasteiger partial charge in [0.15, 0.2) is 0 Å². The van der Waals surface area contributed by atoms with E-state index in [0.29, 0.717) is 6.42 Å². The second kappa shape index (κ2) is 5.89. The van der Waals surface area contributed by atoms with Crippen molar-refractivity contribution in [3.8, 4) is 0 Å². The molecule has 0 N–H and O–H groups in total. The first-order chi connectivity index (χ1) is 8.70. The number of aryl methyl sites for hydroxylation is 2. The summed E-state index contributed by atoms with van der Waals surface area (Å²) >= 11 is 0. The Labute approximate surface area is 109 Å². The second-order valence-electron chi connectivity index (χ2n) is 4.90. The molecule has 1 aromatic carbocycles. The smallest absolute Gasteiger partial charge is 0.305 e. The Morgan fingerprint density at radius 3 is 3.06 bits per heavy atom. The van der Waals surface area contributed by atoms with Crippen LogP contribution in [0.4, 0.5) is 5.69 Å². The van der Waals surface area contributed by atoms with Crippen molar-refractivity contribution >= 4 is 11.7 Å². The number of methoxy groups -OCH3 is 1. The number of nitrogens with zero attached hydrogens (tertiary/aromatic N) is 1. The van der Waals surface area contributed by atoms with Gasteiger partial charge in [-0.25, -0.2) is 0 Å². The van der Waals surface area contributed by atoms with Gasteiger partial charge >= 0.3 is 5.97 Å². The van der Waals surface area contributed by atoms with Crippen molar-refractivity contribution in [1.82, 2.24) is 0 Å². The quantitative estimate of drug-likeness (QED) is 0.766. The standard InChI is InChI=1S/C15H21NO2/c1-12-7-8-14-13(11-12)5-3-9-16(14)10-4-6-15(17)18-2/h7-8,11H,3-6,9-10H2,1-2H3. The summed E-state index contributed by atoms with van der Waals surface area (Å²) in [7, 11) is 1.45. The van der Waals surface area contributed by atoms with Crippen molar-refractivity contribution < 1.29 is 9.53 Å². The lowest BCUT2D eigenvalue weighted by atomic mass is 9.99. The molecule has 0 aliphatic carbocycles. The van der Waals surface area contributed by atoms with Gasteiger partial charge in [0, 0.05) is 25.2 Å². The molecule has 0 aromatic heterocycles. The number of rotatable bonds is 4. The molecule has 0 atom stereocenters. The normalized spacial score (nSPS) is 14.2. The van der Waals surface area contributed by atoms with Gasteiger partial charge in [-0.3, -0.25) is 4.79 Å². The van der Waals surface area contributed by atoms with Gasteiger partial charge in [0.05, 0.1) is 7.11 Å². The molecular formula is C15H21NO2. The molecule has 2 rings (SSSR count). The molecule has 0 saturated carbocycles. The summed E-state index contributed by atoms with van der Waals surface area (Å²) in [5, 5.41) is 0. The summed E-state index contributed by atoms with van der Waals surface area (Å²) in [6.07, 6.45) is 3.74. The third-order valence-corrected chi connectivity index (χ3v) is 3.49. The summed E-state index contributed by atoms with van der Waals surface area (Å²) < 4.78 is 4.67. The van der Waals surface area contributed by atoms with Crippen LogP contribution in [0.1, 0.15) is 30.4 Å². The van der Waals surface area contributed by atoms with E-state index < -0.39 is 0 Å². The largest absolute Gasteiger partial charge is 0.469 e. The number of esters is 1. The molecule has 1 aliphatic rings. The van der Waals surface area contributed by atoms with Gasteiger partial charge in [0.2, 0.25) is 0 Å².